The molecular formula is C21H35IN4O2. The fourth-order valence-electron chi connectivity index (χ4n) is 3.20. The van der Waals surface area contributed by atoms with Gasteiger partial charge in [0, 0.05) is 39.0 Å². The zero-order valence-corrected chi connectivity index (χ0v) is 19.7. The number of nitrogens with zero attached hydrogens (tertiary/aromatic N) is 2. The Morgan fingerprint density at radius 1 is 1.29 bits per heavy atom. The van der Waals surface area contributed by atoms with E-state index in [-0.39, 0.29) is 36.4 Å². The lowest BCUT2D eigenvalue weighted by molar-refractivity contribution is -0.114. The molecule has 2 rings (SSSR count). The van der Waals surface area contributed by atoms with Gasteiger partial charge in [0.1, 0.15) is 6.54 Å². The van der Waals surface area contributed by atoms with Crippen LogP contribution in [0.5, 0.6) is 0 Å². The minimum atomic E-state index is -0.100. The van der Waals surface area contributed by atoms with E-state index in [1.807, 2.05) is 32.2 Å². The molecule has 0 unspecified atom stereocenters. The molecule has 7 heteroatoms. The lowest BCUT2D eigenvalue weighted by atomic mass is 9.96. The maximum atomic E-state index is 12.3. The molecule has 0 radical (unpaired) electrons. The lowest BCUT2D eigenvalue weighted by Crippen LogP contribution is -2.40. The van der Waals surface area contributed by atoms with Gasteiger partial charge in [-0.2, -0.15) is 0 Å². The van der Waals surface area contributed by atoms with Crippen LogP contribution in [0.25, 0.3) is 0 Å². The molecule has 6 nitrogen and oxygen atoms in total. The van der Waals surface area contributed by atoms with Crippen molar-refractivity contribution in [1.82, 2.24) is 10.2 Å². The van der Waals surface area contributed by atoms with E-state index < -0.39 is 0 Å². The highest BCUT2D eigenvalue weighted by molar-refractivity contribution is 14.0. The van der Waals surface area contributed by atoms with Crippen molar-refractivity contribution < 1.29 is 9.53 Å². The second-order valence-corrected chi connectivity index (χ2v) is 7.04. The number of aliphatic imine (C=N–C) groups is 1. The zero-order valence-electron chi connectivity index (χ0n) is 17.4. The van der Waals surface area contributed by atoms with Gasteiger partial charge in [-0.05, 0) is 56.2 Å². The Morgan fingerprint density at radius 3 is 2.71 bits per heavy atom. The number of ether oxygens (including phenoxy) is 1. The van der Waals surface area contributed by atoms with E-state index in [0.29, 0.717) is 0 Å². The summed E-state index contributed by atoms with van der Waals surface area (Å²) in [6.45, 7) is 7.71. The first-order chi connectivity index (χ1) is 13.1. The van der Waals surface area contributed by atoms with Crippen LogP contribution < -0.4 is 10.6 Å². The summed E-state index contributed by atoms with van der Waals surface area (Å²) in [5.74, 6) is 1.40. The highest BCUT2D eigenvalue weighted by atomic mass is 127. The van der Waals surface area contributed by atoms with Crippen molar-refractivity contribution in [1.29, 1.82) is 0 Å². The van der Waals surface area contributed by atoms with E-state index in [1.54, 1.807) is 0 Å². The number of hydrogen-bond acceptors (Lipinski definition) is 3. The van der Waals surface area contributed by atoms with Crippen LogP contribution in [0.1, 0.15) is 38.7 Å². The normalized spacial score (nSPS) is 14.9. The molecule has 0 saturated carbocycles. The van der Waals surface area contributed by atoms with Crippen molar-refractivity contribution in [3.05, 3.63) is 29.8 Å². The summed E-state index contributed by atoms with van der Waals surface area (Å²) in [4.78, 5) is 18.9. The van der Waals surface area contributed by atoms with Gasteiger partial charge < -0.3 is 20.3 Å². The van der Waals surface area contributed by atoms with Crippen LogP contribution in [0.15, 0.2) is 29.3 Å². The highest BCUT2D eigenvalue weighted by Crippen LogP contribution is 2.18. The van der Waals surface area contributed by atoms with Gasteiger partial charge in [0.25, 0.3) is 0 Å². The number of anilines is 1. The minimum Gasteiger partial charge on any atom is -0.381 e. The molecule has 1 fully saturated rings. The van der Waals surface area contributed by atoms with Gasteiger partial charge in [0.15, 0.2) is 5.96 Å². The van der Waals surface area contributed by atoms with Crippen molar-refractivity contribution in [3.63, 3.8) is 0 Å². The van der Waals surface area contributed by atoms with E-state index in [9.17, 15) is 4.79 Å². The Kier molecular flexibility index (Phi) is 12.1. The van der Waals surface area contributed by atoms with Crippen molar-refractivity contribution in [2.75, 3.05) is 45.2 Å². The summed E-state index contributed by atoms with van der Waals surface area (Å²) in [7, 11) is 2.03. The fourth-order valence-corrected chi connectivity index (χ4v) is 3.20. The number of aryl methyl sites for hydroxylation is 1. The fraction of sp³-hybridized carbons (Fsp3) is 0.619. The summed E-state index contributed by atoms with van der Waals surface area (Å²) in [5.41, 5.74) is 2.03. The standard InChI is InChI=1S/C21H34N4O2.HI/c1-4-17-7-6-8-19(15-17)24-20(26)16-23-21(22-5-2)25(3)12-9-18-10-13-27-14-11-18;/h6-8,15,18H,4-5,9-14,16H2,1-3H3,(H,22,23)(H,24,26);1H. The number of benzene rings is 1. The Morgan fingerprint density at radius 2 is 2.04 bits per heavy atom. The average molecular weight is 502 g/mol. The lowest BCUT2D eigenvalue weighted by Gasteiger charge is -2.26. The number of halogens is 1. The third kappa shape index (κ3) is 8.77. The second-order valence-electron chi connectivity index (χ2n) is 7.04. The summed E-state index contributed by atoms with van der Waals surface area (Å²) in [5, 5.41) is 6.21. The van der Waals surface area contributed by atoms with Gasteiger partial charge in [0.2, 0.25) is 5.91 Å². The Balaban J connectivity index is 0.00000392. The Hall–Kier alpha value is -1.35. The number of hydrogen-bond donors (Lipinski definition) is 2. The first-order valence-corrected chi connectivity index (χ1v) is 10.1. The number of amides is 1. The first-order valence-electron chi connectivity index (χ1n) is 10.1. The average Bonchev–Trinajstić information content (AvgIpc) is 2.70. The second kappa shape index (κ2) is 13.8. The van der Waals surface area contributed by atoms with Gasteiger partial charge in [-0.3, -0.25) is 4.79 Å². The van der Waals surface area contributed by atoms with Crippen LogP contribution in [0, 0.1) is 5.92 Å². The Labute approximate surface area is 186 Å². The van der Waals surface area contributed by atoms with Crippen molar-refractivity contribution in [3.8, 4) is 0 Å². The molecule has 158 valence electrons. The van der Waals surface area contributed by atoms with Crippen LogP contribution in [-0.2, 0) is 16.0 Å². The van der Waals surface area contributed by atoms with E-state index in [1.165, 1.54) is 5.56 Å². The van der Waals surface area contributed by atoms with E-state index in [0.717, 1.165) is 69.6 Å². The number of carbonyl (C=O) groups excluding carboxylic acids is 1. The maximum absolute atomic E-state index is 12.3. The number of guanidine groups is 1. The van der Waals surface area contributed by atoms with Crippen molar-refractivity contribution in [2.45, 2.75) is 39.5 Å². The van der Waals surface area contributed by atoms with Crippen molar-refractivity contribution >= 4 is 41.5 Å². The third-order valence-electron chi connectivity index (χ3n) is 4.90. The number of carbonyl (C=O) groups is 1. The molecule has 28 heavy (non-hydrogen) atoms. The van der Waals surface area contributed by atoms with Gasteiger partial charge >= 0.3 is 0 Å². The summed E-state index contributed by atoms with van der Waals surface area (Å²) in [6, 6.07) is 7.94. The zero-order chi connectivity index (χ0) is 19.5. The van der Waals surface area contributed by atoms with Gasteiger partial charge in [-0.15, -0.1) is 24.0 Å². The molecule has 0 aliphatic carbocycles. The minimum absolute atomic E-state index is 0. The molecule has 1 aromatic rings. The molecule has 2 N–H and O–H groups in total. The quantitative estimate of drug-likeness (QED) is 0.325. The van der Waals surface area contributed by atoms with E-state index in [4.69, 9.17) is 4.74 Å². The molecule has 1 aliphatic heterocycles. The van der Waals surface area contributed by atoms with Gasteiger partial charge in [-0.1, -0.05) is 19.1 Å². The van der Waals surface area contributed by atoms with Crippen LogP contribution >= 0.6 is 24.0 Å². The molecule has 0 bridgehead atoms. The van der Waals surface area contributed by atoms with Crippen LogP contribution in [-0.4, -0.2) is 56.7 Å². The topological polar surface area (TPSA) is 66.0 Å². The molecule has 0 aromatic heterocycles. The molecule has 1 amide bonds. The summed E-state index contributed by atoms with van der Waals surface area (Å²) < 4.78 is 5.43. The predicted octanol–water partition coefficient (Wildman–Crippen LogP) is 3.52. The van der Waals surface area contributed by atoms with E-state index in [2.05, 4.69) is 33.5 Å². The molecule has 1 aromatic carbocycles. The monoisotopic (exact) mass is 502 g/mol. The Bertz CT molecular complexity index is 618. The van der Waals surface area contributed by atoms with Crippen LogP contribution in [0.2, 0.25) is 0 Å². The largest absolute Gasteiger partial charge is 0.381 e. The SMILES string of the molecule is CCNC(=NCC(=O)Nc1cccc(CC)c1)N(C)CCC1CCOCC1.I. The summed E-state index contributed by atoms with van der Waals surface area (Å²) in [6.07, 6.45) is 4.35. The molecule has 0 atom stereocenters. The molecule has 1 heterocycles. The maximum Gasteiger partial charge on any atom is 0.246 e. The number of nitrogens with one attached hydrogen (secondary N) is 2. The first kappa shape index (κ1) is 24.7. The molecule has 1 saturated heterocycles. The smallest absolute Gasteiger partial charge is 0.246 e. The van der Waals surface area contributed by atoms with Gasteiger partial charge in [0.05, 0.1) is 0 Å². The van der Waals surface area contributed by atoms with Crippen LogP contribution in [0.3, 0.4) is 0 Å². The third-order valence-corrected chi connectivity index (χ3v) is 4.90. The highest BCUT2D eigenvalue weighted by Gasteiger charge is 2.15. The number of rotatable bonds is 8. The molecule has 1 aliphatic rings. The summed E-state index contributed by atoms with van der Waals surface area (Å²) >= 11 is 0. The predicted molar refractivity (Wildman–Crippen MR) is 127 cm³/mol. The molecular weight excluding hydrogens is 467 g/mol. The van der Waals surface area contributed by atoms with Gasteiger partial charge in [-0.25, -0.2) is 4.99 Å². The van der Waals surface area contributed by atoms with E-state index >= 15 is 0 Å². The molecule has 0 spiro atoms. The van der Waals surface area contributed by atoms with Crippen molar-refractivity contribution in [2.24, 2.45) is 10.9 Å². The van der Waals surface area contributed by atoms with Crippen LogP contribution in [0.4, 0.5) is 5.69 Å².